The minimum atomic E-state index is -0.538. The molecule has 0 bridgehead atoms. The molecule has 0 saturated carbocycles. The fourth-order valence-corrected chi connectivity index (χ4v) is 2.83. The molecule has 2 aromatic rings. The summed E-state index contributed by atoms with van der Waals surface area (Å²) in [6, 6.07) is 9.81. The molecule has 31 heavy (non-hydrogen) atoms. The highest BCUT2D eigenvalue weighted by Gasteiger charge is 2.08. The van der Waals surface area contributed by atoms with Crippen molar-refractivity contribution in [2.45, 2.75) is 0 Å². The second-order valence-corrected chi connectivity index (χ2v) is 7.05. The first-order chi connectivity index (χ1) is 14.8. The SMILES string of the molecule is COc1ccc(C=CC(=O)NC(=S)NNC(=O)COc2ccc(Cl)cc2Cl)cc1OC. The van der Waals surface area contributed by atoms with E-state index in [4.69, 9.17) is 49.6 Å². The summed E-state index contributed by atoms with van der Waals surface area (Å²) in [5, 5.41) is 3.02. The van der Waals surface area contributed by atoms with Crippen molar-refractivity contribution >= 4 is 58.4 Å². The standard InChI is InChI=1S/C20H19Cl2N3O5S/c1-28-16-6-3-12(9-17(16)29-2)4-8-18(26)23-20(31)25-24-19(27)11-30-15-7-5-13(21)10-14(15)22/h3-10H,11H2,1-2H3,(H,24,27)(H2,23,25,26,31). The lowest BCUT2D eigenvalue weighted by atomic mass is 10.2. The van der Waals surface area contributed by atoms with E-state index in [1.165, 1.54) is 26.4 Å². The van der Waals surface area contributed by atoms with Crippen LogP contribution in [0.3, 0.4) is 0 Å². The van der Waals surface area contributed by atoms with Gasteiger partial charge in [0.05, 0.1) is 19.2 Å². The largest absolute Gasteiger partial charge is 0.493 e. The number of carbonyl (C=O) groups is 2. The first kappa shape index (κ1) is 24.3. The monoisotopic (exact) mass is 483 g/mol. The molecule has 2 amide bonds. The van der Waals surface area contributed by atoms with Crippen molar-refractivity contribution in [2.24, 2.45) is 0 Å². The zero-order valence-electron chi connectivity index (χ0n) is 16.5. The Morgan fingerprint density at radius 2 is 1.71 bits per heavy atom. The smallest absolute Gasteiger partial charge is 0.276 e. The van der Waals surface area contributed by atoms with Crippen molar-refractivity contribution in [3.63, 3.8) is 0 Å². The molecule has 0 atom stereocenters. The number of ether oxygens (including phenoxy) is 3. The summed E-state index contributed by atoms with van der Waals surface area (Å²) in [4.78, 5) is 23.8. The number of hydrogen-bond acceptors (Lipinski definition) is 6. The predicted octanol–water partition coefficient (Wildman–Crippen LogP) is 3.12. The third kappa shape index (κ3) is 7.97. The van der Waals surface area contributed by atoms with Gasteiger partial charge in [-0.25, -0.2) is 0 Å². The molecule has 0 saturated heterocycles. The number of thiocarbonyl (C=S) groups is 1. The van der Waals surface area contributed by atoms with Gasteiger partial charge in [-0.2, -0.15) is 0 Å². The zero-order valence-corrected chi connectivity index (χ0v) is 18.9. The highest BCUT2D eigenvalue weighted by molar-refractivity contribution is 7.80. The molecule has 0 fully saturated rings. The number of methoxy groups -OCH3 is 2. The van der Waals surface area contributed by atoms with Crippen LogP contribution in [0.25, 0.3) is 6.08 Å². The van der Waals surface area contributed by atoms with Gasteiger partial charge in [0.25, 0.3) is 5.91 Å². The summed E-state index contributed by atoms with van der Waals surface area (Å²) in [5.74, 6) is 0.381. The Kier molecular flexibility index (Phi) is 9.39. The molecule has 0 aliphatic rings. The molecule has 2 aromatic carbocycles. The fraction of sp³-hybridized carbons (Fsp3) is 0.150. The van der Waals surface area contributed by atoms with E-state index in [0.29, 0.717) is 22.3 Å². The molecular formula is C20H19Cl2N3O5S. The van der Waals surface area contributed by atoms with Gasteiger partial charge >= 0.3 is 0 Å². The summed E-state index contributed by atoms with van der Waals surface area (Å²) >= 11 is 16.7. The number of hydrogen-bond donors (Lipinski definition) is 3. The number of nitrogens with one attached hydrogen (secondary N) is 3. The minimum absolute atomic E-state index is 0.0974. The average Bonchev–Trinajstić information content (AvgIpc) is 2.75. The van der Waals surface area contributed by atoms with Crippen molar-refractivity contribution in [3.8, 4) is 17.2 Å². The molecule has 11 heteroatoms. The van der Waals surface area contributed by atoms with Crippen LogP contribution in [0.2, 0.25) is 10.0 Å². The zero-order chi connectivity index (χ0) is 22.8. The van der Waals surface area contributed by atoms with Crippen LogP contribution >= 0.6 is 35.4 Å². The van der Waals surface area contributed by atoms with Crippen LogP contribution in [0.4, 0.5) is 0 Å². The van der Waals surface area contributed by atoms with E-state index in [1.807, 2.05) is 0 Å². The van der Waals surface area contributed by atoms with E-state index >= 15 is 0 Å². The van der Waals surface area contributed by atoms with Crippen molar-refractivity contribution < 1.29 is 23.8 Å². The molecule has 0 aromatic heterocycles. The highest BCUT2D eigenvalue weighted by Crippen LogP contribution is 2.28. The number of hydrazine groups is 1. The number of amides is 2. The van der Waals surface area contributed by atoms with Gasteiger partial charge in [0.15, 0.2) is 23.2 Å². The molecule has 0 aliphatic heterocycles. The Labute approximate surface area is 194 Å². The van der Waals surface area contributed by atoms with Crippen LogP contribution < -0.4 is 30.4 Å². The van der Waals surface area contributed by atoms with Crippen LogP contribution in [0.15, 0.2) is 42.5 Å². The van der Waals surface area contributed by atoms with Crippen molar-refractivity contribution in [1.82, 2.24) is 16.2 Å². The Balaban J connectivity index is 1.76. The predicted molar refractivity (Wildman–Crippen MR) is 123 cm³/mol. The molecule has 8 nitrogen and oxygen atoms in total. The molecule has 3 N–H and O–H groups in total. The third-order valence-electron chi connectivity index (χ3n) is 3.64. The molecule has 2 rings (SSSR count). The van der Waals surface area contributed by atoms with E-state index in [1.54, 1.807) is 36.4 Å². The maximum atomic E-state index is 12.0. The number of carbonyl (C=O) groups excluding carboxylic acids is 2. The van der Waals surface area contributed by atoms with Crippen LogP contribution in [-0.4, -0.2) is 37.8 Å². The van der Waals surface area contributed by atoms with Crippen molar-refractivity contribution in [1.29, 1.82) is 0 Å². The van der Waals surface area contributed by atoms with Crippen LogP contribution in [0.5, 0.6) is 17.2 Å². The summed E-state index contributed by atoms with van der Waals surface area (Å²) in [6.07, 6.45) is 2.85. The van der Waals surface area contributed by atoms with E-state index in [0.717, 1.165) is 5.56 Å². The van der Waals surface area contributed by atoms with Crippen LogP contribution in [0.1, 0.15) is 5.56 Å². The van der Waals surface area contributed by atoms with E-state index in [-0.39, 0.29) is 16.7 Å². The average molecular weight is 484 g/mol. The van der Waals surface area contributed by atoms with Gasteiger partial charge in [-0.05, 0) is 54.2 Å². The molecule has 0 spiro atoms. The Morgan fingerprint density at radius 3 is 2.39 bits per heavy atom. The van der Waals surface area contributed by atoms with Gasteiger partial charge in [-0.15, -0.1) is 0 Å². The van der Waals surface area contributed by atoms with Gasteiger partial charge in [-0.3, -0.25) is 25.8 Å². The van der Waals surface area contributed by atoms with Gasteiger partial charge in [-0.1, -0.05) is 29.3 Å². The maximum Gasteiger partial charge on any atom is 0.276 e. The van der Waals surface area contributed by atoms with E-state index in [9.17, 15) is 9.59 Å². The topological polar surface area (TPSA) is 97.9 Å². The lowest BCUT2D eigenvalue weighted by Gasteiger charge is -2.11. The molecule has 164 valence electrons. The Hall–Kier alpha value is -3.01. The van der Waals surface area contributed by atoms with Crippen LogP contribution in [0, 0.1) is 0 Å². The van der Waals surface area contributed by atoms with Gasteiger partial charge in [0, 0.05) is 11.1 Å². The quantitative estimate of drug-likeness (QED) is 0.316. The first-order valence-electron chi connectivity index (χ1n) is 8.70. The van der Waals surface area contributed by atoms with E-state index < -0.39 is 11.8 Å². The number of benzene rings is 2. The van der Waals surface area contributed by atoms with E-state index in [2.05, 4.69) is 16.2 Å². The van der Waals surface area contributed by atoms with Crippen molar-refractivity contribution in [2.75, 3.05) is 20.8 Å². The number of halogens is 2. The van der Waals surface area contributed by atoms with Gasteiger partial charge in [0.1, 0.15) is 5.75 Å². The third-order valence-corrected chi connectivity index (χ3v) is 4.37. The second-order valence-electron chi connectivity index (χ2n) is 5.80. The lowest BCUT2D eigenvalue weighted by Crippen LogP contribution is -2.49. The Morgan fingerprint density at radius 1 is 1.00 bits per heavy atom. The molecule has 0 heterocycles. The molecule has 0 unspecified atom stereocenters. The maximum absolute atomic E-state index is 12.0. The molecular weight excluding hydrogens is 465 g/mol. The highest BCUT2D eigenvalue weighted by atomic mass is 35.5. The molecule has 0 radical (unpaired) electrons. The second kappa shape index (κ2) is 12.0. The van der Waals surface area contributed by atoms with Crippen molar-refractivity contribution in [3.05, 3.63) is 58.1 Å². The van der Waals surface area contributed by atoms with Crippen LogP contribution in [-0.2, 0) is 9.59 Å². The minimum Gasteiger partial charge on any atom is -0.493 e. The summed E-state index contributed by atoms with van der Waals surface area (Å²) in [6.45, 7) is -0.329. The normalized spacial score (nSPS) is 10.3. The fourth-order valence-electron chi connectivity index (χ4n) is 2.21. The lowest BCUT2D eigenvalue weighted by molar-refractivity contribution is -0.123. The summed E-state index contributed by atoms with van der Waals surface area (Å²) in [7, 11) is 3.05. The number of rotatable bonds is 7. The van der Waals surface area contributed by atoms with Gasteiger partial charge < -0.3 is 14.2 Å². The van der Waals surface area contributed by atoms with Gasteiger partial charge in [0.2, 0.25) is 5.91 Å². The molecule has 0 aliphatic carbocycles. The summed E-state index contributed by atoms with van der Waals surface area (Å²) < 4.78 is 15.7. The first-order valence-corrected chi connectivity index (χ1v) is 9.86. The Bertz CT molecular complexity index is 1000. The summed E-state index contributed by atoms with van der Waals surface area (Å²) in [5.41, 5.74) is 5.42.